The van der Waals surface area contributed by atoms with Crippen LogP contribution in [-0.4, -0.2) is 34.5 Å². The van der Waals surface area contributed by atoms with Gasteiger partial charge in [0.2, 0.25) is 10.0 Å². The summed E-state index contributed by atoms with van der Waals surface area (Å²) in [6, 6.07) is 14.3. The molecule has 2 aromatic carbocycles. The van der Waals surface area contributed by atoms with Crippen molar-refractivity contribution in [1.29, 1.82) is 0 Å². The van der Waals surface area contributed by atoms with Gasteiger partial charge in [0.1, 0.15) is 18.2 Å². The highest BCUT2D eigenvalue weighted by Crippen LogP contribution is 2.28. The summed E-state index contributed by atoms with van der Waals surface area (Å²) in [6.45, 7) is 1.82. The second-order valence-corrected chi connectivity index (χ2v) is 8.58. The summed E-state index contributed by atoms with van der Waals surface area (Å²) in [5.41, 5.74) is 1.54. The van der Waals surface area contributed by atoms with E-state index in [2.05, 4.69) is 10.1 Å². The zero-order chi connectivity index (χ0) is 20.6. The lowest BCUT2D eigenvalue weighted by Crippen LogP contribution is -2.29. The van der Waals surface area contributed by atoms with E-state index in [1.807, 2.05) is 31.2 Å². The smallest absolute Gasteiger partial charge is 0.336 e. The van der Waals surface area contributed by atoms with Gasteiger partial charge in [-0.1, -0.05) is 12.1 Å². The van der Waals surface area contributed by atoms with E-state index in [1.165, 1.54) is 34.9 Å². The van der Waals surface area contributed by atoms with Crippen LogP contribution in [0.1, 0.15) is 18.5 Å². The van der Waals surface area contributed by atoms with Gasteiger partial charge in [-0.25, -0.2) is 22.9 Å². The van der Waals surface area contributed by atoms with Crippen molar-refractivity contribution in [1.82, 2.24) is 19.1 Å². The van der Waals surface area contributed by atoms with Crippen LogP contribution in [0.25, 0.3) is 16.7 Å². The molecule has 0 aliphatic rings. The summed E-state index contributed by atoms with van der Waals surface area (Å²) >= 11 is 0. The Bertz CT molecular complexity index is 1310. The summed E-state index contributed by atoms with van der Waals surface area (Å²) in [6.07, 6.45) is 3.04. The number of sulfonamides is 1. The van der Waals surface area contributed by atoms with Gasteiger partial charge in [-0.15, -0.1) is 0 Å². The summed E-state index contributed by atoms with van der Waals surface area (Å²) in [5.74, 6) is 0. The Balaban J connectivity index is 1.62. The highest BCUT2D eigenvalue weighted by atomic mass is 32.2. The first-order valence-electron chi connectivity index (χ1n) is 8.83. The average molecular weight is 410 g/mol. The number of aromatic nitrogens is 3. The average Bonchev–Trinajstić information content (AvgIpc) is 3.27. The van der Waals surface area contributed by atoms with Crippen molar-refractivity contribution in [2.75, 3.05) is 7.05 Å². The molecule has 0 fully saturated rings. The topological polar surface area (TPSA) is 98.3 Å². The Kier molecular flexibility index (Phi) is 4.77. The quantitative estimate of drug-likeness (QED) is 0.469. The van der Waals surface area contributed by atoms with Crippen molar-refractivity contribution < 1.29 is 12.8 Å². The predicted octanol–water partition coefficient (Wildman–Crippen LogP) is 2.76. The SMILES string of the molecule is CC(c1ccc(-n2cncn2)cc1)N(C)S(=O)(=O)c1ccc2oc(=O)ccc2c1. The maximum absolute atomic E-state index is 13.1. The lowest BCUT2D eigenvalue weighted by atomic mass is 10.1. The van der Waals surface area contributed by atoms with E-state index in [1.54, 1.807) is 24.1 Å². The highest BCUT2D eigenvalue weighted by Gasteiger charge is 2.26. The number of fused-ring (bicyclic) bond motifs is 1. The molecule has 0 radical (unpaired) electrons. The van der Waals surface area contributed by atoms with Gasteiger partial charge in [0.15, 0.2) is 0 Å². The molecule has 29 heavy (non-hydrogen) atoms. The Labute approximate surface area is 167 Å². The van der Waals surface area contributed by atoms with Gasteiger partial charge < -0.3 is 4.42 Å². The van der Waals surface area contributed by atoms with Crippen LogP contribution in [0.4, 0.5) is 0 Å². The molecule has 1 atom stereocenters. The second-order valence-electron chi connectivity index (χ2n) is 6.58. The van der Waals surface area contributed by atoms with Gasteiger partial charge in [0.25, 0.3) is 0 Å². The number of hydrogen-bond donors (Lipinski definition) is 0. The van der Waals surface area contributed by atoms with E-state index in [0.29, 0.717) is 11.0 Å². The molecule has 4 aromatic rings. The highest BCUT2D eigenvalue weighted by molar-refractivity contribution is 7.89. The van der Waals surface area contributed by atoms with E-state index in [4.69, 9.17) is 4.42 Å². The normalized spacial score (nSPS) is 13.1. The van der Waals surface area contributed by atoms with Gasteiger partial charge >= 0.3 is 5.63 Å². The van der Waals surface area contributed by atoms with E-state index in [-0.39, 0.29) is 4.90 Å². The van der Waals surface area contributed by atoms with Crippen LogP contribution in [-0.2, 0) is 10.0 Å². The van der Waals surface area contributed by atoms with Crippen molar-refractivity contribution in [2.24, 2.45) is 0 Å². The van der Waals surface area contributed by atoms with Gasteiger partial charge in [-0.05, 0) is 48.9 Å². The van der Waals surface area contributed by atoms with Crippen LogP contribution in [0.15, 0.2) is 81.4 Å². The molecule has 148 valence electrons. The number of rotatable bonds is 5. The molecule has 0 spiro atoms. The van der Waals surface area contributed by atoms with Crippen molar-refractivity contribution in [3.05, 3.63) is 83.2 Å². The molecular weight excluding hydrogens is 392 g/mol. The van der Waals surface area contributed by atoms with Crippen molar-refractivity contribution in [3.8, 4) is 5.69 Å². The zero-order valence-corrected chi connectivity index (χ0v) is 16.6. The van der Waals surface area contributed by atoms with Gasteiger partial charge in [0, 0.05) is 24.5 Å². The zero-order valence-electron chi connectivity index (χ0n) is 15.8. The first-order chi connectivity index (χ1) is 13.9. The molecule has 0 aliphatic carbocycles. The Morgan fingerprint density at radius 2 is 1.83 bits per heavy atom. The molecule has 0 saturated carbocycles. The molecule has 0 saturated heterocycles. The van der Waals surface area contributed by atoms with E-state index >= 15 is 0 Å². The molecule has 0 amide bonds. The van der Waals surface area contributed by atoms with Crippen LogP contribution in [0.5, 0.6) is 0 Å². The Morgan fingerprint density at radius 3 is 2.52 bits per heavy atom. The molecule has 0 N–H and O–H groups in total. The molecule has 0 bridgehead atoms. The summed E-state index contributed by atoms with van der Waals surface area (Å²) in [5, 5.41) is 4.62. The number of hydrogen-bond acceptors (Lipinski definition) is 6. The maximum Gasteiger partial charge on any atom is 0.336 e. The van der Waals surface area contributed by atoms with E-state index in [9.17, 15) is 13.2 Å². The largest absolute Gasteiger partial charge is 0.423 e. The van der Waals surface area contributed by atoms with E-state index < -0.39 is 21.7 Å². The van der Waals surface area contributed by atoms with Gasteiger partial charge in [0.05, 0.1) is 10.6 Å². The first-order valence-corrected chi connectivity index (χ1v) is 10.3. The minimum Gasteiger partial charge on any atom is -0.423 e. The summed E-state index contributed by atoms with van der Waals surface area (Å²) in [4.78, 5) is 15.4. The van der Waals surface area contributed by atoms with Crippen molar-refractivity contribution in [2.45, 2.75) is 17.9 Å². The number of nitrogens with zero attached hydrogens (tertiary/aromatic N) is 4. The van der Waals surface area contributed by atoms with Crippen LogP contribution >= 0.6 is 0 Å². The van der Waals surface area contributed by atoms with Crippen LogP contribution in [0.2, 0.25) is 0 Å². The predicted molar refractivity (Wildman–Crippen MR) is 107 cm³/mol. The molecule has 0 aliphatic heterocycles. The Hall–Kier alpha value is -3.30. The fourth-order valence-corrected chi connectivity index (χ4v) is 4.43. The molecule has 8 nitrogen and oxygen atoms in total. The molecule has 9 heteroatoms. The third kappa shape index (κ3) is 3.57. The minimum atomic E-state index is -3.76. The summed E-state index contributed by atoms with van der Waals surface area (Å²) < 4.78 is 34.3. The molecular formula is C20H18N4O4S. The standard InChI is InChI=1S/C20H18N4O4S/c1-14(15-3-6-17(7-4-15)24-13-21-12-22-24)23(2)29(26,27)18-8-9-19-16(11-18)5-10-20(25)28-19/h3-14H,1-2H3. The Morgan fingerprint density at radius 1 is 1.07 bits per heavy atom. The van der Waals surface area contributed by atoms with Crippen molar-refractivity contribution in [3.63, 3.8) is 0 Å². The molecule has 2 heterocycles. The molecule has 2 aromatic heterocycles. The summed E-state index contributed by atoms with van der Waals surface area (Å²) in [7, 11) is -2.21. The lowest BCUT2D eigenvalue weighted by molar-refractivity contribution is 0.398. The third-order valence-electron chi connectivity index (χ3n) is 4.87. The fraction of sp³-hybridized carbons (Fsp3) is 0.150. The third-order valence-corrected chi connectivity index (χ3v) is 6.80. The fourth-order valence-electron chi connectivity index (χ4n) is 3.04. The monoisotopic (exact) mass is 410 g/mol. The molecule has 4 rings (SSSR count). The lowest BCUT2D eigenvalue weighted by Gasteiger charge is -2.25. The van der Waals surface area contributed by atoms with E-state index in [0.717, 1.165) is 11.3 Å². The second kappa shape index (κ2) is 7.26. The first kappa shape index (κ1) is 19.0. The minimum absolute atomic E-state index is 0.132. The van der Waals surface area contributed by atoms with Gasteiger partial charge in [-0.2, -0.15) is 9.40 Å². The maximum atomic E-state index is 13.1. The van der Waals surface area contributed by atoms with Gasteiger partial charge in [-0.3, -0.25) is 0 Å². The molecule has 1 unspecified atom stereocenters. The van der Waals surface area contributed by atoms with Crippen LogP contribution in [0.3, 0.4) is 0 Å². The van der Waals surface area contributed by atoms with Crippen molar-refractivity contribution >= 4 is 21.0 Å². The number of benzene rings is 2. The van der Waals surface area contributed by atoms with Crippen LogP contribution < -0.4 is 5.63 Å². The van der Waals surface area contributed by atoms with Crippen LogP contribution in [0, 0.1) is 0 Å².